The normalized spacial score (nSPS) is 12.7. The van der Waals surface area contributed by atoms with Gasteiger partial charge in [0.2, 0.25) is 0 Å². The van der Waals surface area contributed by atoms with Gasteiger partial charge in [-0.2, -0.15) is 0 Å². The highest BCUT2D eigenvalue weighted by atomic mass is 79.9. The van der Waals surface area contributed by atoms with Crippen molar-refractivity contribution in [2.45, 2.75) is 26.3 Å². The van der Waals surface area contributed by atoms with Gasteiger partial charge in [0, 0.05) is 9.50 Å². The molecule has 0 amide bonds. The summed E-state index contributed by atoms with van der Waals surface area (Å²) in [6.07, 6.45) is 1.07. The summed E-state index contributed by atoms with van der Waals surface area (Å²) in [5, 5.41) is 0.710. The molecule has 2 rings (SSSR count). The average molecular weight is 353 g/mol. The van der Waals surface area contributed by atoms with Crippen LogP contribution in [0.15, 0.2) is 46.9 Å². The van der Waals surface area contributed by atoms with Gasteiger partial charge in [-0.1, -0.05) is 71.7 Å². The monoisotopic (exact) mass is 351 g/mol. The first-order valence-corrected chi connectivity index (χ1v) is 7.94. The number of halogens is 2. The molecule has 0 saturated carbocycles. The van der Waals surface area contributed by atoms with Crippen LogP contribution in [0.1, 0.15) is 36.6 Å². The fourth-order valence-corrected chi connectivity index (χ4v) is 3.25. The molecule has 20 heavy (non-hydrogen) atoms. The van der Waals surface area contributed by atoms with Crippen molar-refractivity contribution in [1.82, 2.24) is 0 Å². The molecule has 2 N–H and O–H groups in total. The zero-order valence-electron chi connectivity index (χ0n) is 11.7. The summed E-state index contributed by atoms with van der Waals surface area (Å²) in [5.41, 5.74) is 9.91. The van der Waals surface area contributed by atoms with Gasteiger partial charge in [-0.15, -0.1) is 0 Å². The van der Waals surface area contributed by atoms with E-state index in [1.807, 2.05) is 18.2 Å². The van der Waals surface area contributed by atoms with Crippen molar-refractivity contribution >= 4 is 27.5 Å². The van der Waals surface area contributed by atoms with Crippen molar-refractivity contribution < 1.29 is 0 Å². The predicted molar refractivity (Wildman–Crippen MR) is 90.2 cm³/mol. The van der Waals surface area contributed by atoms with Crippen LogP contribution in [0, 0.1) is 5.92 Å². The van der Waals surface area contributed by atoms with Gasteiger partial charge < -0.3 is 5.73 Å². The Morgan fingerprint density at radius 1 is 1.15 bits per heavy atom. The molecule has 0 spiro atoms. The van der Waals surface area contributed by atoms with E-state index in [-0.39, 0.29) is 6.04 Å². The highest BCUT2D eigenvalue weighted by Crippen LogP contribution is 2.29. The highest BCUT2D eigenvalue weighted by Gasteiger charge is 2.13. The zero-order chi connectivity index (χ0) is 14.7. The van der Waals surface area contributed by atoms with E-state index in [1.54, 1.807) is 0 Å². The highest BCUT2D eigenvalue weighted by molar-refractivity contribution is 9.10. The standard InChI is InChI=1S/C17H19BrClN/c1-11(2)8-12-4-3-5-13(9-12)17(20)15-7-6-14(19)10-16(15)18/h3-7,9-11,17H,8,20H2,1-2H3. The van der Waals surface area contributed by atoms with Crippen molar-refractivity contribution in [1.29, 1.82) is 0 Å². The second-order valence-corrected chi connectivity index (χ2v) is 6.78. The van der Waals surface area contributed by atoms with Gasteiger partial charge in [0.1, 0.15) is 0 Å². The molecule has 0 aromatic heterocycles. The van der Waals surface area contributed by atoms with Crippen LogP contribution in [0.3, 0.4) is 0 Å². The van der Waals surface area contributed by atoms with Gasteiger partial charge in [-0.3, -0.25) is 0 Å². The first-order chi connectivity index (χ1) is 9.47. The van der Waals surface area contributed by atoms with E-state index in [1.165, 1.54) is 5.56 Å². The van der Waals surface area contributed by atoms with Gasteiger partial charge in [0.25, 0.3) is 0 Å². The molecule has 0 aliphatic carbocycles. The number of benzene rings is 2. The molecule has 0 radical (unpaired) electrons. The Labute approximate surface area is 134 Å². The Bertz CT molecular complexity index is 595. The van der Waals surface area contributed by atoms with E-state index >= 15 is 0 Å². The molecule has 0 aliphatic rings. The summed E-state index contributed by atoms with van der Waals surface area (Å²) < 4.78 is 0.951. The van der Waals surface area contributed by atoms with Gasteiger partial charge in [0.15, 0.2) is 0 Å². The molecule has 3 heteroatoms. The van der Waals surface area contributed by atoms with Gasteiger partial charge >= 0.3 is 0 Å². The maximum absolute atomic E-state index is 6.39. The first-order valence-electron chi connectivity index (χ1n) is 6.76. The minimum Gasteiger partial charge on any atom is -0.320 e. The molecule has 106 valence electrons. The van der Waals surface area contributed by atoms with Gasteiger partial charge in [0.05, 0.1) is 6.04 Å². The second kappa shape index (κ2) is 6.75. The van der Waals surface area contributed by atoms with Crippen molar-refractivity contribution in [2.24, 2.45) is 11.7 Å². The Morgan fingerprint density at radius 2 is 1.90 bits per heavy atom. The Balaban J connectivity index is 2.30. The molecule has 2 aromatic carbocycles. The SMILES string of the molecule is CC(C)Cc1cccc(C(N)c2ccc(Cl)cc2Br)c1. The lowest BCUT2D eigenvalue weighted by atomic mass is 9.95. The van der Waals surface area contributed by atoms with E-state index in [0.29, 0.717) is 10.9 Å². The molecule has 0 aliphatic heterocycles. The first kappa shape index (κ1) is 15.6. The third-order valence-electron chi connectivity index (χ3n) is 3.25. The molecule has 2 aromatic rings. The summed E-state index contributed by atoms with van der Waals surface area (Å²) in [6.45, 7) is 4.45. The molecule has 1 atom stereocenters. The maximum Gasteiger partial charge on any atom is 0.0562 e. The molecule has 1 unspecified atom stereocenters. The fraction of sp³-hybridized carbons (Fsp3) is 0.294. The lowest BCUT2D eigenvalue weighted by Crippen LogP contribution is -2.13. The van der Waals surface area contributed by atoms with Crippen LogP contribution >= 0.6 is 27.5 Å². The van der Waals surface area contributed by atoms with Crippen molar-refractivity contribution in [3.8, 4) is 0 Å². The Hall–Kier alpha value is -0.830. The van der Waals surface area contributed by atoms with Crippen LogP contribution in [-0.4, -0.2) is 0 Å². The molecule has 0 bridgehead atoms. The van der Waals surface area contributed by atoms with E-state index in [2.05, 4.69) is 54.0 Å². The largest absolute Gasteiger partial charge is 0.320 e. The summed E-state index contributed by atoms with van der Waals surface area (Å²) in [4.78, 5) is 0. The van der Waals surface area contributed by atoms with E-state index in [4.69, 9.17) is 17.3 Å². The third-order valence-corrected chi connectivity index (χ3v) is 4.17. The third kappa shape index (κ3) is 3.85. The molecule has 1 nitrogen and oxygen atoms in total. The van der Waals surface area contributed by atoms with Gasteiger partial charge in [-0.05, 0) is 41.2 Å². The second-order valence-electron chi connectivity index (χ2n) is 5.49. The van der Waals surface area contributed by atoms with Crippen molar-refractivity contribution in [3.63, 3.8) is 0 Å². The van der Waals surface area contributed by atoms with Crippen LogP contribution in [0.5, 0.6) is 0 Å². The number of nitrogens with two attached hydrogens (primary N) is 1. The van der Waals surface area contributed by atoms with E-state index in [9.17, 15) is 0 Å². The van der Waals surface area contributed by atoms with Gasteiger partial charge in [-0.25, -0.2) is 0 Å². The molecular weight excluding hydrogens is 334 g/mol. The maximum atomic E-state index is 6.39. The summed E-state index contributed by atoms with van der Waals surface area (Å²) in [6, 6.07) is 14.1. The smallest absolute Gasteiger partial charge is 0.0562 e. The van der Waals surface area contributed by atoms with Crippen molar-refractivity contribution in [3.05, 3.63) is 68.7 Å². The van der Waals surface area contributed by atoms with E-state index in [0.717, 1.165) is 22.0 Å². The molecule has 0 heterocycles. The van der Waals surface area contributed by atoms with Crippen molar-refractivity contribution in [2.75, 3.05) is 0 Å². The lowest BCUT2D eigenvalue weighted by molar-refractivity contribution is 0.646. The zero-order valence-corrected chi connectivity index (χ0v) is 14.1. The van der Waals surface area contributed by atoms with E-state index < -0.39 is 0 Å². The van der Waals surface area contributed by atoms with Crippen LogP contribution in [-0.2, 0) is 6.42 Å². The Morgan fingerprint density at radius 3 is 2.55 bits per heavy atom. The van der Waals surface area contributed by atoms with Crippen LogP contribution < -0.4 is 5.73 Å². The molecule has 0 saturated heterocycles. The fourth-order valence-electron chi connectivity index (χ4n) is 2.32. The number of hydrogen-bond donors (Lipinski definition) is 1. The average Bonchev–Trinajstić information content (AvgIpc) is 2.37. The van der Waals surface area contributed by atoms with Crippen LogP contribution in [0.4, 0.5) is 0 Å². The molecule has 0 fully saturated rings. The summed E-state index contributed by atoms with van der Waals surface area (Å²) >= 11 is 9.52. The summed E-state index contributed by atoms with van der Waals surface area (Å²) in [5.74, 6) is 0.642. The predicted octanol–water partition coefficient (Wildman–Crippen LogP) is 5.35. The van der Waals surface area contributed by atoms with Crippen LogP contribution in [0.2, 0.25) is 5.02 Å². The van der Waals surface area contributed by atoms with Crippen LogP contribution in [0.25, 0.3) is 0 Å². The lowest BCUT2D eigenvalue weighted by Gasteiger charge is -2.16. The Kier molecular flexibility index (Phi) is 5.25. The minimum atomic E-state index is -0.145. The topological polar surface area (TPSA) is 26.0 Å². The molecular formula is C17H19BrClN. The minimum absolute atomic E-state index is 0.145. The number of rotatable bonds is 4. The number of hydrogen-bond acceptors (Lipinski definition) is 1. The quantitative estimate of drug-likeness (QED) is 0.788. The summed E-state index contributed by atoms with van der Waals surface area (Å²) in [7, 11) is 0.